The minimum absolute atomic E-state index is 0.279. The molecule has 8 nitrogen and oxygen atoms in total. The van der Waals surface area contributed by atoms with Gasteiger partial charge < -0.3 is 15.0 Å². The Balaban J connectivity index is 1.55. The van der Waals surface area contributed by atoms with E-state index in [1.807, 2.05) is 17.0 Å². The molecular formula is C20H19ClFN7O. The van der Waals surface area contributed by atoms with Crippen molar-refractivity contribution in [1.29, 1.82) is 0 Å². The highest BCUT2D eigenvalue weighted by molar-refractivity contribution is 6.30. The molecule has 1 aromatic heterocycles. The van der Waals surface area contributed by atoms with Crippen molar-refractivity contribution in [1.82, 2.24) is 15.0 Å². The van der Waals surface area contributed by atoms with Crippen molar-refractivity contribution < 1.29 is 9.13 Å². The van der Waals surface area contributed by atoms with Gasteiger partial charge in [-0.15, -0.1) is 0 Å². The molecule has 30 heavy (non-hydrogen) atoms. The number of halogens is 2. The molecule has 2 heterocycles. The number of rotatable bonds is 6. The highest BCUT2D eigenvalue weighted by Crippen LogP contribution is 2.20. The number of ether oxygens (including phenoxy) is 1. The molecule has 10 heteroatoms. The van der Waals surface area contributed by atoms with Crippen LogP contribution in [-0.2, 0) is 4.74 Å². The molecule has 0 saturated carbocycles. The van der Waals surface area contributed by atoms with E-state index in [4.69, 9.17) is 16.3 Å². The molecule has 4 rings (SSSR count). The first-order valence-electron chi connectivity index (χ1n) is 9.32. The van der Waals surface area contributed by atoms with Crippen LogP contribution in [0.5, 0.6) is 0 Å². The van der Waals surface area contributed by atoms with Crippen LogP contribution in [0.25, 0.3) is 0 Å². The van der Waals surface area contributed by atoms with E-state index in [9.17, 15) is 4.39 Å². The molecule has 0 bridgehead atoms. The SMILES string of the molecule is Fc1ccc(/C=N\Nc2nc(Nc3ccc(Cl)cc3)nc(N3CCOCC3)n2)cc1. The van der Waals surface area contributed by atoms with Gasteiger partial charge in [-0.05, 0) is 42.0 Å². The van der Waals surface area contributed by atoms with Gasteiger partial charge in [-0.2, -0.15) is 20.1 Å². The Morgan fingerprint density at radius 2 is 1.67 bits per heavy atom. The van der Waals surface area contributed by atoms with E-state index in [0.29, 0.717) is 43.2 Å². The highest BCUT2D eigenvalue weighted by atomic mass is 35.5. The first kappa shape index (κ1) is 20.0. The lowest BCUT2D eigenvalue weighted by atomic mass is 10.2. The third-order valence-corrected chi connectivity index (χ3v) is 4.52. The molecule has 1 aliphatic heterocycles. The van der Waals surface area contributed by atoms with E-state index in [0.717, 1.165) is 11.3 Å². The van der Waals surface area contributed by atoms with Crippen LogP contribution in [0.2, 0.25) is 5.02 Å². The minimum Gasteiger partial charge on any atom is -0.378 e. The van der Waals surface area contributed by atoms with Crippen molar-refractivity contribution in [3.63, 3.8) is 0 Å². The van der Waals surface area contributed by atoms with Crippen molar-refractivity contribution in [2.75, 3.05) is 41.9 Å². The lowest BCUT2D eigenvalue weighted by molar-refractivity contribution is 0.122. The Morgan fingerprint density at radius 1 is 0.967 bits per heavy atom. The van der Waals surface area contributed by atoms with E-state index < -0.39 is 0 Å². The zero-order valence-electron chi connectivity index (χ0n) is 15.9. The van der Waals surface area contributed by atoms with Gasteiger partial charge in [-0.1, -0.05) is 23.7 Å². The molecular weight excluding hydrogens is 409 g/mol. The van der Waals surface area contributed by atoms with Crippen LogP contribution in [-0.4, -0.2) is 47.5 Å². The molecule has 2 N–H and O–H groups in total. The maximum Gasteiger partial charge on any atom is 0.250 e. The maximum atomic E-state index is 13.0. The van der Waals surface area contributed by atoms with E-state index in [2.05, 4.69) is 30.8 Å². The topological polar surface area (TPSA) is 87.6 Å². The molecule has 0 spiro atoms. The number of morpholine rings is 1. The number of hydrazone groups is 1. The zero-order chi connectivity index (χ0) is 20.8. The smallest absolute Gasteiger partial charge is 0.250 e. The van der Waals surface area contributed by atoms with E-state index in [1.165, 1.54) is 12.1 Å². The Hall–Kier alpha value is -3.30. The van der Waals surface area contributed by atoms with Crippen LogP contribution < -0.4 is 15.6 Å². The normalized spacial score (nSPS) is 14.1. The lowest BCUT2D eigenvalue weighted by Crippen LogP contribution is -2.37. The Kier molecular flexibility index (Phi) is 6.31. The molecule has 0 amide bonds. The van der Waals surface area contributed by atoms with E-state index in [1.54, 1.807) is 30.5 Å². The van der Waals surface area contributed by atoms with Crippen LogP contribution in [0, 0.1) is 5.82 Å². The Morgan fingerprint density at radius 3 is 2.40 bits per heavy atom. The number of anilines is 4. The van der Waals surface area contributed by atoms with Gasteiger partial charge in [0.1, 0.15) is 5.82 Å². The first-order valence-corrected chi connectivity index (χ1v) is 9.69. The van der Waals surface area contributed by atoms with Crippen LogP contribution in [0.15, 0.2) is 53.6 Å². The molecule has 1 fully saturated rings. The van der Waals surface area contributed by atoms with E-state index >= 15 is 0 Å². The molecule has 1 saturated heterocycles. The second-order valence-electron chi connectivity index (χ2n) is 6.44. The van der Waals surface area contributed by atoms with Gasteiger partial charge in [-0.3, -0.25) is 0 Å². The molecule has 2 aromatic carbocycles. The van der Waals surface area contributed by atoms with Crippen molar-refractivity contribution in [3.8, 4) is 0 Å². The number of hydrogen-bond acceptors (Lipinski definition) is 8. The van der Waals surface area contributed by atoms with Crippen LogP contribution >= 0.6 is 11.6 Å². The van der Waals surface area contributed by atoms with Gasteiger partial charge >= 0.3 is 0 Å². The van der Waals surface area contributed by atoms with Crippen molar-refractivity contribution in [2.45, 2.75) is 0 Å². The maximum absolute atomic E-state index is 13.0. The van der Waals surface area contributed by atoms with Crippen LogP contribution in [0.3, 0.4) is 0 Å². The Bertz CT molecular complexity index is 1010. The fraction of sp³-hybridized carbons (Fsp3) is 0.200. The van der Waals surface area contributed by atoms with Crippen LogP contribution in [0.1, 0.15) is 5.56 Å². The second kappa shape index (κ2) is 9.47. The van der Waals surface area contributed by atoms with Crippen molar-refractivity contribution in [3.05, 3.63) is 64.9 Å². The molecule has 1 aliphatic rings. The third-order valence-electron chi connectivity index (χ3n) is 4.27. The molecule has 154 valence electrons. The predicted molar refractivity (Wildman–Crippen MR) is 115 cm³/mol. The Labute approximate surface area is 177 Å². The number of nitrogens with one attached hydrogen (secondary N) is 2. The van der Waals surface area contributed by atoms with Gasteiger partial charge in [-0.25, -0.2) is 9.82 Å². The van der Waals surface area contributed by atoms with Gasteiger partial charge in [0.05, 0.1) is 19.4 Å². The summed E-state index contributed by atoms with van der Waals surface area (Å²) >= 11 is 5.95. The van der Waals surface area contributed by atoms with Gasteiger partial charge in [0.25, 0.3) is 0 Å². The number of benzene rings is 2. The molecule has 0 atom stereocenters. The summed E-state index contributed by atoms with van der Waals surface area (Å²) in [5.41, 5.74) is 4.35. The lowest BCUT2D eigenvalue weighted by Gasteiger charge is -2.27. The summed E-state index contributed by atoms with van der Waals surface area (Å²) in [6, 6.07) is 13.2. The average Bonchev–Trinajstić information content (AvgIpc) is 2.77. The number of hydrogen-bond donors (Lipinski definition) is 2. The van der Waals surface area contributed by atoms with Gasteiger partial charge in [0.15, 0.2) is 0 Å². The fourth-order valence-corrected chi connectivity index (χ4v) is 2.88. The number of nitrogens with zero attached hydrogens (tertiary/aromatic N) is 5. The standard InChI is InChI=1S/C20H19ClFN7O/c21-15-3-7-17(8-4-15)24-18-25-19(27-20(26-18)29-9-11-30-12-10-29)28-23-13-14-1-5-16(22)6-2-14/h1-8,13H,9-12H2,(H2,24,25,26,27,28)/b23-13-. The summed E-state index contributed by atoms with van der Waals surface area (Å²) in [4.78, 5) is 15.4. The highest BCUT2D eigenvalue weighted by Gasteiger charge is 2.16. The third kappa shape index (κ3) is 5.40. The number of aromatic nitrogens is 3. The quantitative estimate of drug-likeness (QED) is 0.458. The van der Waals surface area contributed by atoms with E-state index in [-0.39, 0.29) is 11.8 Å². The molecule has 0 radical (unpaired) electrons. The van der Waals surface area contributed by atoms with Gasteiger partial charge in [0, 0.05) is 23.8 Å². The summed E-state index contributed by atoms with van der Waals surface area (Å²) < 4.78 is 18.4. The average molecular weight is 428 g/mol. The first-order chi connectivity index (χ1) is 14.7. The summed E-state index contributed by atoms with van der Waals surface area (Å²) in [6.07, 6.45) is 1.56. The zero-order valence-corrected chi connectivity index (χ0v) is 16.7. The monoisotopic (exact) mass is 427 g/mol. The fourth-order valence-electron chi connectivity index (χ4n) is 2.75. The summed E-state index contributed by atoms with van der Waals surface area (Å²) in [6.45, 7) is 2.58. The molecule has 3 aromatic rings. The predicted octanol–water partition coefficient (Wildman–Crippen LogP) is 3.69. The molecule has 0 unspecified atom stereocenters. The van der Waals surface area contributed by atoms with Crippen molar-refractivity contribution in [2.24, 2.45) is 5.10 Å². The summed E-state index contributed by atoms with van der Waals surface area (Å²) in [7, 11) is 0. The summed E-state index contributed by atoms with van der Waals surface area (Å²) in [5, 5.41) is 7.94. The largest absolute Gasteiger partial charge is 0.378 e. The minimum atomic E-state index is -0.300. The summed E-state index contributed by atoms with van der Waals surface area (Å²) in [5.74, 6) is 0.865. The second-order valence-corrected chi connectivity index (χ2v) is 6.87. The van der Waals surface area contributed by atoms with Crippen LogP contribution in [0.4, 0.5) is 27.9 Å². The van der Waals surface area contributed by atoms with Gasteiger partial charge in [0.2, 0.25) is 17.8 Å². The van der Waals surface area contributed by atoms with Crippen molar-refractivity contribution >= 4 is 41.3 Å². The molecule has 0 aliphatic carbocycles.